The van der Waals surface area contributed by atoms with E-state index in [0.29, 0.717) is 37.0 Å². The zero-order chi connectivity index (χ0) is 24.5. The Bertz CT molecular complexity index is 997. The molecule has 2 aliphatic heterocycles. The summed E-state index contributed by atoms with van der Waals surface area (Å²) in [6, 6.07) is 1.99. The molecule has 0 atom stereocenters. The summed E-state index contributed by atoms with van der Waals surface area (Å²) in [4.78, 5) is 26.9. The molecule has 1 aromatic heterocycles. The fourth-order valence-corrected chi connectivity index (χ4v) is 3.95. The molecule has 0 aliphatic carbocycles. The van der Waals surface area contributed by atoms with Crippen molar-refractivity contribution in [3.8, 4) is 0 Å². The predicted octanol–water partition coefficient (Wildman–Crippen LogP) is 4.47. The molecule has 0 spiro atoms. The Labute approximate surface area is 191 Å². The number of rotatable bonds is 3. The van der Waals surface area contributed by atoms with Crippen LogP contribution in [0.5, 0.6) is 0 Å². The van der Waals surface area contributed by atoms with Crippen LogP contribution in [-0.4, -0.2) is 60.2 Å². The van der Waals surface area contributed by atoms with Crippen molar-refractivity contribution in [3.05, 3.63) is 41.6 Å². The lowest BCUT2D eigenvalue weighted by atomic mass is 10.1. The van der Waals surface area contributed by atoms with Crippen molar-refractivity contribution in [3.63, 3.8) is 0 Å². The minimum absolute atomic E-state index is 0.0204. The molecule has 1 N–H and O–H groups in total. The van der Waals surface area contributed by atoms with Gasteiger partial charge in [0.1, 0.15) is 5.82 Å². The molecule has 3 heterocycles. The summed E-state index contributed by atoms with van der Waals surface area (Å²) in [6.07, 6.45) is -6.15. The average Bonchev–Trinajstić information content (AvgIpc) is 3.33. The summed E-state index contributed by atoms with van der Waals surface area (Å²) in [5.74, 6) is 1.34. The maximum atomic E-state index is 13.1. The number of hydrogen-bond donors (Lipinski definition) is 1. The topological polar surface area (TPSA) is 64.6 Å². The first-order chi connectivity index (χ1) is 16.0. The fraction of sp³-hybridized carbons (Fsp3) is 0.476. The monoisotopic (exact) mass is 488 g/mol. The predicted molar refractivity (Wildman–Crippen MR) is 113 cm³/mol. The third kappa shape index (κ3) is 5.45. The van der Waals surface area contributed by atoms with Crippen molar-refractivity contribution >= 4 is 23.5 Å². The molecule has 13 heteroatoms. The Kier molecular flexibility index (Phi) is 6.45. The van der Waals surface area contributed by atoms with Gasteiger partial charge in [0.15, 0.2) is 0 Å². The number of benzene rings is 1. The molecule has 34 heavy (non-hydrogen) atoms. The summed E-state index contributed by atoms with van der Waals surface area (Å²) in [5, 5.41) is 2.17. The lowest BCUT2D eigenvalue weighted by molar-refractivity contribution is -0.143. The summed E-state index contributed by atoms with van der Waals surface area (Å²) >= 11 is 0. The molecule has 1 aromatic carbocycles. The normalized spacial score (nSPS) is 17.3. The smallest absolute Gasteiger partial charge is 0.353 e. The molecule has 2 aromatic rings. The molecule has 0 bridgehead atoms. The van der Waals surface area contributed by atoms with Gasteiger partial charge >= 0.3 is 18.4 Å². The van der Waals surface area contributed by atoms with Crippen LogP contribution in [0.15, 0.2) is 30.5 Å². The van der Waals surface area contributed by atoms with Crippen molar-refractivity contribution in [1.29, 1.82) is 0 Å². The van der Waals surface area contributed by atoms with Crippen LogP contribution in [0.3, 0.4) is 0 Å². The third-order valence-corrected chi connectivity index (χ3v) is 5.75. The van der Waals surface area contributed by atoms with Crippen molar-refractivity contribution in [2.24, 2.45) is 0 Å². The highest BCUT2D eigenvalue weighted by atomic mass is 19.4. The molecule has 2 aliphatic rings. The van der Waals surface area contributed by atoms with Crippen molar-refractivity contribution in [2.75, 3.05) is 54.4 Å². The van der Waals surface area contributed by atoms with E-state index in [9.17, 15) is 31.1 Å². The van der Waals surface area contributed by atoms with E-state index >= 15 is 0 Å². The Hall–Kier alpha value is -3.25. The number of amides is 2. The van der Waals surface area contributed by atoms with Gasteiger partial charge in [-0.25, -0.2) is 9.78 Å². The van der Waals surface area contributed by atoms with E-state index in [1.165, 1.54) is 4.90 Å². The number of hydrogen-bond acceptors (Lipinski definition) is 5. The van der Waals surface area contributed by atoms with E-state index in [4.69, 9.17) is 0 Å². The van der Waals surface area contributed by atoms with Crippen molar-refractivity contribution in [1.82, 2.24) is 14.9 Å². The average molecular weight is 488 g/mol. The Morgan fingerprint density at radius 2 is 1.41 bits per heavy atom. The summed E-state index contributed by atoms with van der Waals surface area (Å²) in [7, 11) is 0. The number of aromatic nitrogens is 2. The second-order valence-electron chi connectivity index (χ2n) is 8.11. The van der Waals surface area contributed by atoms with Gasteiger partial charge in [-0.05, 0) is 37.1 Å². The summed E-state index contributed by atoms with van der Waals surface area (Å²) in [5.41, 5.74) is -3.54. The van der Waals surface area contributed by atoms with E-state index in [1.807, 2.05) is 4.90 Å². The number of urea groups is 1. The molecular weight excluding hydrogens is 466 g/mol. The highest BCUT2D eigenvalue weighted by molar-refractivity contribution is 5.89. The number of piperazine rings is 1. The Morgan fingerprint density at radius 1 is 0.824 bits per heavy atom. The highest BCUT2D eigenvalue weighted by Gasteiger charge is 2.37. The second kappa shape index (κ2) is 9.18. The molecule has 7 nitrogen and oxygen atoms in total. The number of carbonyl (C=O) groups is 1. The van der Waals surface area contributed by atoms with Gasteiger partial charge in [-0.3, -0.25) is 0 Å². The first-order valence-electron chi connectivity index (χ1n) is 10.7. The number of carbonyl (C=O) groups excluding carboxylic acids is 1. The third-order valence-electron chi connectivity index (χ3n) is 5.75. The summed E-state index contributed by atoms with van der Waals surface area (Å²) < 4.78 is 78.3. The van der Waals surface area contributed by atoms with Gasteiger partial charge in [0, 0.05) is 51.2 Å². The standard InChI is InChI=1S/C21H22F6N6O/c22-20(23,24)14-11-15(21(25,26)27)13-16(12-14)29-19(34)33-9-7-31(8-10-33)17-3-4-28-18(30-17)32-5-1-2-6-32/h3-4,11-13H,1-2,5-10H2,(H,29,34). The lowest BCUT2D eigenvalue weighted by Gasteiger charge is -2.35. The Morgan fingerprint density at radius 3 is 1.97 bits per heavy atom. The zero-order valence-corrected chi connectivity index (χ0v) is 18.0. The first-order valence-corrected chi connectivity index (χ1v) is 10.7. The highest BCUT2D eigenvalue weighted by Crippen LogP contribution is 2.37. The second-order valence-corrected chi connectivity index (χ2v) is 8.11. The van der Waals surface area contributed by atoms with Gasteiger partial charge in [-0.1, -0.05) is 0 Å². The molecular formula is C21H22F6N6O. The molecule has 2 fully saturated rings. The van der Waals surface area contributed by atoms with E-state index in [2.05, 4.69) is 20.2 Å². The van der Waals surface area contributed by atoms with Gasteiger partial charge in [-0.2, -0.15) is 31.3 Å². The largest absolute Gasteiger partial charge is 0.416 e. The molecule has 2 amide bonds. The number of nitrogens with one attached hydrogen (secondary N) is 1. The Balaban J connectivity index is 1.41. The van der Waals surface area contributed by atoms with Gasteiger partial charge in [0.2, 0.25) is 5.95 Å². The maximum absolute atomic E-state index is 13.1. The minimum atomic E-state index is -4.99. The van der Waals surface area contributed by atoms with Crippen molar-refractivity contribution in [2.45, 2.75) is 25.2 Å². The van der Waals surface area contributed by atoms with E-state index in [0.717, 1.165) is 25.9 Å². The van der Waals surface area contributed by atoms with E-state index < -0.39 is 35.2 Å². The quantitative estimate of drug-likeness (QED) is 0.647. The number of nitrogens with zero attached hydrogens (tertiary/aromatic N) is 5. The summed E-state index contributed by atoms with van der Waals surface area (Å²) in [6.45, 7) is 3.03. The van der Waals surface area contributed by atoms with E-state index in [1.54, 1.807) is 12.3 Å². The van der Waals surface area contributed by atoms with Gasteiger partial charge in [0.25, 0.3) is 0 Å². The van der Waals surface area contributed by atoms with Crippen LogP contribution in [-0.2, 0) is 12.4 Å². The van der Waals surface area contributed by atoms with Crippen LogP contribution < -0.4 is 15.1 Å². The molecule has 0 unspecified atom stereocenters. The number of alkyl halides is 6. The SMILES string of the molecule is O=C(Nc1cc(C(F)(F)F)cc(C(F)(F)F)c1)N1CCN(c2ccnc(N3CCCC3)n2)CC1. The molecule has 184 valence electrons. The van der Waals surface area contributed by atoms with Gasteiger partial charge < -0.3 is 20.0 Å². The fourth-order valence-electron chi connectivity index (χ4n) is 3.95. The minimum Gasteiger partial charge on any atom is -0.353 e. The van der Waals surface area contributed by atoms with Crippen LogP contribution in [0.4, 0.5) is 48.6 Å². The van der Waals surface area contributed by atoms with Crippen LogP contribution in [0.1, 0.15) is 24.0 Å². The first kappa shape index (κ1) is 23.9. The van der Waals surface area contributed by atoms with Gasteiger partial charge in [0.05, 0.1) is 11.1 Å². The van der Waals surface area contributed by atoms with Crippen LogP contribution in [0.25, 0.3) is 0 Å². The molecule has 0 radical (unpaired) electrons. The molecule has 4 rings (SSSR count). The molecule has 2 saturated heterocycles. The number of halogens is 6. The maximum Gasteiger partial charge on any atom is 0.416 e. The van der Waals surface area contributed by atoms with Gasteiger partial charge in [-0.15, -0.1) is 0 Å². The van der Waals surface area contributed by atoms with Crippen molar-refractivity contribution < 1.29 is 31.1 Å². The van der Waals surface area contributed by atoms with E-state index in [-0.39, 0.29) is 19.2 Å². The van der Waals surface area contributed by atoms with Crippen LogP contribution in [0.2, 0.25) is 0 Å². The van der Waals surface area contributed by atoms with Crippen LogP contribution >= 0.6 is 0 Å². The van der Waals surface area contributed by atoms with Crippen LogP contribution in [0, 0.1) is 0 Å². The lowest BCUT2D eigenvalue weighted by Crippen LogP contribution is -2.50. The number of anilines is 3. The molecule has 0 saturated carbocycles. The zero-order valence-electron chi connectivity index (χ0n) is 18.0.